The van der Waals surface area contributed by atoms with Crippen molar-refractivity contribution in [3.8, 4) is 17.3 Å². The van der Waals surface area contributed by atoms with E-state index in [-0.39, 0.29) is 5.41 Å². The van der Waals surface area contributed by atoms with E-state index in [0.29, 0.717) is 11.8 Å². The van der Waals surface area contributed by atoms with Gasteiger partial charge >= 0.3 is 0 Å². The van der Waals surface area contributed by atoms with E-state index in [0.717, 1.165) is 29.7 Å². The van der Waals surface area contributed by atoms with E-state index < -0.39 is 0 Å². The van der Waals surface area contributed by atoms with Gasteiger partial charge in [-0.3, -0.25) is 4.98 Å². The number of hydrogen-bond donors (Lipinski definition) is 0. The van der Waals surface area contributed by atoms with Crippen LogP contribution in [0.2, 0.25) is 0 Å². The summed E-state index contributed by atoms with van der Waals surface area (Å²) in [5, 5.41) is 0. The van der Waals surface area contributed by atoms with Crippen LogP contribution in [0.25, 0.3) is 11.6 Å². The van der Waals surface area contributed by atoms with Crippen molar-refractivity contribution in [2.24, 2.45) is 5.92 Å². The Kier molecular flexibility index (Phi) is 3.43. The van der Waals surface area contributed by atoms with Crippen LogP contribution in [0.1, 0.15) is 63.7 Å². The van der Waals surface area contributed by atoms with Gasteiger partial charge in [0.15, 0.2) is 0 Å². The van der Waals surface area contributed by atoms with Crippen LogP contribution in [-0.4, -0.2) is 16.6 Å². The fraction of sp³-hybridized carbons (Fsp3) is 0.579. The van der Waals surface area contributed by atoms with E-state index in [1.54, 1.807) is 6.20 Å². The highest BCUT2D eigenvalue weighted by atomic mass is 16.5. The maximum absolute atomic E-state index is 6.09. The Hall–Kier alpha value is -1.84. The summed E-state index contributed by atoms with van der Waals surface area (Å²) in [6, 6.07) is 2.01. The van der Waals surface area contributed by atoms with Crippen LogP contribution in [0.15, 0.2) is 22.9 Å². The van der Waals surface area contributed by atoms with Gasteiger partial charge in [0.05, 0.1) is 12.8 Å². The summed E-state index contributed by atoms with van der Waals surface area (Å²) >= 11 is 0. The minimum Gasteiger partial charge on any atom is -0.493 e. The number of ether oxygens (including phenoxy) is 1. The highest BCUT2D eigenvalue weighted by Gasteiger charge is 2.29. The third kappa shape index (κ3) is 3.26. The van der Waals surface area contributed by atoms with Crippen LogP contribution < -0.4 is 4.74 Å². The van der Waals surface area contributed by atoms with Gasteiger partial charge in [-0.2, -0.15) is 0 Å². The Balaban J connectivity index is 1.62. The standard InChI is InChI=1S/C19H24N2O2/c1-19(2,3)17-10-21-18(23-17)15-8-16(22-11-12-4-5-12)14(9-20-15)13-6-7-13/h8-10,12-13H,4-7,11H2,1-3H3. The molecule has 2 fully saturated rings. The molecule has 0 unspecified atom stereocenters. The molecule has 4 nitrogen and oxygen atoms in total. The fourth-order valence-corrected chi connectivity index (χ4v) is 2.62. The summed E-state index contributed by atoms with van der Waals surface area (Å²) in [6.45, 7) is 7.17. The lowest BCUT2D eigenvalue weighted by molar-refractivity contribution is 0.296. The van der Waals surface area contributed by atoms with E-state index in [4.69, 9.17) is 9.15 Å². The van der Waals surface area contributed by atoms with Crippen LogP contribution >= 0.6 is 0 Å². The molecule has 122 valence electrons. The third-order valence-corrected chi connectivity index (χ3v) is 4.55. The van der Waals surface area contributed by atoms with E-state index in [9.17, 15) is 0 Å². The lowest BCUT2D eigenvalue weighted by atomic mass is 9.94. The van der Waals surface area contributed by atoms with Crippen molar-refractivity contribution in [1.29, 1.82) is 0 Å². The Morgan fingerprint density at radius 1 is 1.13 bits per heavy atom. The van der Waals surface area contributed by atoms with Crippen LogP contribution in [0, 0.1) is 5.92 Å². The fourth-order valence-electron chi connectivity index (χ4n) is 2.62. The first-order valence-corrected chi connectivity index (χ1v) is 8.60. The maximum atomic E-state index is 6.09. The minimum atomic E-state index is -0.0511. The highest BCUT2D eigenvalue weighted by Crippen LogP contribution is 2.45. The third-order valence-electron chi connectivity index (χ3n) is 4.55. The van der Waals surface area contributed by atoms with E-state index in [2.05, 4.69) is 30.7 Å². The number of nitrogens with zero attached hydrogens (tertiary/aromatic N) is 2. The molecular formula is C19H24N2O2. The quantitative estimate of drug-likeness (QED) is 0.803. The van der Waals surface area contributed by atoms with Crippen LogP contribution in [0.4, 0.5) is 0 Å². The normalized spacial score (nSPS) is 18.2. The SMILES string of the molecule is CC(C)(C)c1cnc(-c2cc(OCC3CC3)c(C3CC3)cn2)o1. The van der Waals surface area contributed by atoms with Crippen LogP contribution in [0.3, 0.4) is 0 Å². The monoisotopic (exact) mass is 312 g/mol. The summed E-state index contributed by atoms with van der Waals surface area (Å²) < 4.78 is 12.0. The highest BCUT2D eigenvalue weighted by molar-refractivity contribution is 5.53. The summed E-state index contributed by atoms with van der Waals surface area (Å²) in [4.78, 5) is 8.98. The summed E-state index contributed by atoms with van der Waals surface area (Å²) in [5.41, 5.74) is 1.96. The average Bonchev–Trinajstić information content (AvgIpc) is 3.43. The molecule has 2 aliphatic rings. The minimum absolute atomic E-state index is 0.0511. The van der Waals surface area contributed by atoms with Crippen LogP contribution in [0.5, 0.6) is 5.75 Å². The molecule has 0 aliphatic heterocycles. The zero-order chi connectivity index (χ0) is 16.0. The molecule has 2 aliphatic carbocycles. The molecule has 0 atom stereocenters. The van der Waals surface area contributed by atoms with Gasteiger partial charge in [0.25, 0.3) is 0 Å². The number of oxazole rings is 1. The summed E-state index contributed by atoms with van der Waals surface area (Å²) in [5.74, 6) is 3.79. The molecule has 23 heavy (non-hydrogen) atoms. The van der Waals surface area contributed by atoms with E-state index in [1.165, 1.54) is 31.2 Å². The molecule has 2 aromatic rings. The number of aromatic nitrogens is 2. The Bertz CT molecular complexity index is 706. The molecule has 0 aromatic carbocycles. The van der Waals surface area contributed by atoms with Crippen molar-refractivity contribution < 1.29 is 9.15 Å². The predicted octanol–water partition coefficient (Wildman–Crippen LogP) is 4.70. The smallest absolute Gasteiger partial charge is 0.245 e. The Morgan fingerprint density at radius 2 is 1.91 bits per heavy atom. The molecule has 4 rings (SSSR count). The first kappa shape index (κ1) is 14.7. The maximum Gasteiger partial charge on any atom is 0.245 e. The van der Waals surface area contributed by atoms with E-state index >= 15 is 0 Å². The first-order chi connectivity index (χ1) is 11.0. The van der Waals surface area contributed by atoms with E-state index in [1.807, 2.05) is 12.3 Å². The van der Waals surface area contributed by atoms with Crippen molar-refractivity contribution in [2.45, 2.75) is 57.8 Å². The molecule has 0 amide bonds. The van der Waals surface area contributed by atoms with Gasteiger partial charge in [-0.1, -0.05) is 20.8 Å². The summed E-state index contributed by atoms with van der Waals surface area (Å²) in [6.07, 6.45) is 8.84. The lowest BCUT2D eigenvalue weighted by Gasteiger charge is -2.13. The topological polar surface area (TPSA) is 48.2 Å². The first-order valence-electron chi connectivity index (χ1n) is 8.60. The van der Waals surface area contributed by atoms with Crippen LogP contribution in [-0.2, 0) is 5.41 Å². The van der Waals surface area contributed by atoms with Crippen molar-refractivity contribution in [1.82, 2.24) is 9.97 Å². The molecule has 0 spiro atoms. The largest absolute Gasteiger partial charge is 0.493 e. The van der Waals surface area contributed by atoms with Crippen molar-refractivity contribution in [2.75, 3.05) is 6.61 Å². The summed E-state index contributed by atoms with van der Waals surface area (Å²) in [7, 11) is 0. The second-order valence-corrected chi connectivity index (χ2v) is 7.92. The van der Waals surface area contributed by atoms with Gasteiger partial charge in [0, 0.05) is 23.2 Å². The molecule has 0 radical (unpaired) electrons. The van der Waals surface area contributed by atoms with Gasteiger partial charge in [0.1, 0.15) is 17.2 Å². The van der Waals surface area contributed by atoms with Crippen molar-refractivity contribution >= 4 is 0 Å². The predicted molar refractivity (Wildman–Crippen MR) is 88.6 cm³/mol. The van der Waals surface area contributed by atoms with Gasteiger partial charge in [-0.05, 0) is 37.5 Å². The molecule has 2 aromatic heterocycles. The Morgan fingerprint density at radius 3 is 2.52 bits per heavy atom. The number of hydrogen-bond acceptors (Lipinski definition) is 4. The van der Waals surface area contributed by atoms with Gasteiger partial charge in [-0.25, -0.2) is 4.98 Å². The van der Waals surface area contributed by atoms with Gasteiger partial charge < -0.3 is 9.15 Å². The average molecular weight is 312 g/mol. The molecule has 0 saturated heterocycles. The molecule has 2 heterocycles. The lowest BCUT2D eigenvalue weighted by Crippen LogP contribution is -2.09. The molecule has 2 saturated carbocycles. The number of rotatable bonds is 5. The zero-order valence-electron chi connectivity index (χ0n) is 14.1. The second-order valence-electron chi connectivity index (χ2n) is 7.92. The van der Waals surface area contributed by atoms with Gasteiger partial charge in [-0.15, -0.1) is 0 Å². The van der Waals surface area contributed by atoms with Crippen molar-refractivity contribution in [3.05, 3.63) is 29.8 Å². The molecule has 0 N–H and O–H groups in total. The zero-order valence-corrected chi connectivity index (χ0v) is 14.1. The second kappa shape index (κ2) is 5.36. The number of pyridine rings is 1. The molecule has 0 bridgehead atoms. The molecule has 4 heteroatoms. The van der Waals surface area contributed by atoms with Crippen molar-refractivity contribution in [3.63, 3.8) is 0 Å². The van der Waals surface area contributed by atoms with Gasteiger partial charge in [0.2, 0.25) is 5.89 Å². The Labute approximate surface area is 137 Å². The molecular weight excluding hydrogens is 288 g/mol.